The van der Waals surface area contributed by atoms with Crippen LogP contribution >= 0.6 is 0 Å². The third kappa shape index (κ3) is 4.12. The summed E-state index contributed by atoms with van der Waals surface area (Å²) in [5, 5.41) is 10.8. The highest BCUT2D eigenvalue weighted by Crippen LogP contribution is 2.26. The molecule has 7 nitrogen and oxygen atoms in total. The van der Waals surface area contributed by atoms with Gasteiger partial charge in [-0.1, -0.05) is 0 Å². The molecule has 1 aliphatic rings. The molecule has 1 heterocycles. The molecule has 1 rings (SSSR count). The molecule has 0 amide bonds. The van der Waals surface area contributed by atoms with E-state index in [4.69, 9.17) is 9.47 Å². The summed E-state index contributed by atoms with van der Waals surface area (Å²) in [4.78, 5) is 21.3. The van der Waals surface area contributed by atoms with Crippen molar-refractivity contribution in [3.8, 4) is 0 Å². The van der Waals surface area contributed by atoms with E-state index in [0.29, 0.717) is 13.2 Å². The minimum Gasteiger partial charge on any atom is -0.463 e. The minimum absolute atomic E-state index is 0.0984. The van der Waals surface area contributed by atoms with Gasteiger partial charge in [0.2, 0.25) is 0 Å². The van der Waals surface area contributed by atoms with Crippen LogP contribution in [-0.2, 0) is 19.0 Å². The maximum atomic E-state index is 11.2. The van der Waals surface area contributed by atoms with Gasteiger partial charge in [-0.15, -0.1) is 0 Å². The molecule has 17 heavy (non-hydrogen) atoms. The summed E-state index contributed by atoms with van der Waals surface area (Å²) in [5.74, 6) is -1.77. The van der Waals surface area contributed by atoms with Gasteiger partial charge in [-0.3, -0.25) is 10.1 Å². The Kier molecular flexibility index (Phi) is 4.59. The lowest BCUT2D eigenvalue weighted by atomic mass is 10.1. The number of nitrogens with zero attached hydrogens (tertiary/aromatic N) is 1. The Morgan fingerprint density at radius 3 is 2.59 bits per heavy atom. The topological polar surface area (TPSA) is 87.9 Å². The Morgan fingerprint density at radius 2 is 2.12 bits per heavy atom. The molecule has 0 atom stereocenters. The van der Waals surface area contributed by atoms with Crippen molar-refractivity contribution < 1.29 is 23.9 Å². The predicted octanol–water partition coefficient (Wildman–Crippen LogP) is 0.863. The van der Waals surface area contributed by atoms with Crippen LogP contribution in [0.5, 0.6) is 0 Å². The smallest absolute Gasteiger partial charge is 0.337 e. The van der Waals surface area contributed by atoms with Gasteiger partial charge in [-0.25, -0.2) is 4.79 Å². The molecule has 0 saturated carbocycles. The Labute approximate surface area is 98.5 Å². The SMILES string of the molecule is CCOC(=O)/C=C(\CC1(C)OCCO1)[N+](=O)[O-]. The molecular weight excluding hydrogens is 230 g/mol. The van der Waals surface area contributed by atoms with Crippen molar-refractivity contribution in [3.05, 3.63) is 21.9 Å². The van der Waals surface area contributed by atoms with Crippen molar-refractivity contribution in [2.24, 2.45) is 0 Å². The molecule has 0 bridgehead atoms. The van der Waals surface area contributed by atoms with Crippen molar-refractivity contribution in [1.82, 2.24) is 0 Å². The lowest BCUT2D eigenvalue weighted by Gasteiger charge is -2.20. The highest BCUT2D eigenvalue weighted by molar-refractivity contribution is 5.82. The van der Waals surface area contributed by atoms with Gasteiger partial charge in [0.05, 0.1) is 37.2 Å². The Bertz CT molecular complexity index is 332. The fraction of sp³-hybridized carbons (Fsp3) is 0.700. The van der Waals surface area contributed by atoms with Gasteiger partial charge in [0.1, 0.15) is 0 Å². The number of hydrogen-bond donors (Lipinski definition) is 0. The number of carbonyl (C=O) groups is 1. The van der Waals surface area contributed by atoms with Crippen LogP contribution < -0.4 is 0 Å². The van der Waals surface area contributed by atoms with E-state index in [1.165, 1.54) is 0 Å². The number of nitro groups is 1. The normalized spacial score (nSPS) is 19.1. The van der Waals surface area contributed by atoms with E-state index in [0.717, 1.165) is 6.08 Å². The quantitative estimate of drug-likeness (QED) is 0.309. The van der Waals surface area contributed by atoms with Crippen molar-refractivity contribution in [1.29, 1.82) is 0 Å². The maximum Gasteiger partial charge on any atom is 0.337 e. The van der Waals surface area contributed by atoms with Crippen LogP contribution in [0.3, 0.4) is 0 Å². The zero-order valence-electron chi connectivity index (χ0n) is 9.80. The molecule has 0 aromatic heterocycles. The van der Waals surface area contributed by atoms with Crippen LogP contribution in [-0.4, -0.2) is 36.5 Å². The molecule has 1 fully saturated rings. The molecule has 1 aliphatic heterocycles. The predicted molar refractivity (Wildman–Crippen MR) is 56.6 cm³/mol. The number of ether oxygens (including phenoxy) is 3. The molecule has 0 aromatic rings. The summed E-state index contributed by atoms with van der Waals surface area (Å²) in [6, 6.07) is 0. The molecule has 7 heteroatoms. The van der Waals surface area contributed by atoms with Crippen LogP contribution in [0.25, 0.3) is 0 Å². The third-order valence-electron chi connectivity index (χ3n) is 2.21. The standard InChI is InChI=1S/C10H15NO6/c1-3-15-9(12)6-8(11(13)14)7-10(2)16-4-5-17-10/h6H,3-5,7H2,1-2H3/b8-6+. The van der Waals surface area contributed by atoms with Gasteiger partial charge in [0.15, 0.2) is 5.79 Å². The van der Waals surface area contributed by atoms with E-state index in [-0.39, 0.29) is 18.7 Å². The third-order valence-corrected chi connectivity index (χ3v) is 2.21. The highest BCUT2D eigenvalue weighted by atomic mass is 16.7. The Hall–Kier alpha value is -1.47. The first kappa shape index (κ1) is 13.6. The van der Waals surface area contributed by atoms with Gasteiger partial charge < -0.3 is 14.2 Å². The van der Waals surface area contributed by atoms with E-state index in [1.807, 2.05) is 0 Å². The van der Waals surface area contributed by atoms with Crippen molar-refractivity contribution in [3.63, 3.8) is 0 Å². The molecule has 1 saturated heterocycles. The molecule has 0 unspecified atom stereocenters. The summed E-state index contributed by atoms with van der Waals surface area (Å²) in [7, 11) is 0. The molecule has 0 aliphatic carbocycles. The van der Waals surface area contributed by atoms with Gasteiger partial charge in [-0.2, -0.15) is 0 Å². The van der Waals surface area contributed by atoms with Crippen LogP contribution in [0.2, 0.25) is 0 Å². The summed E-state index contributed by atoms with van der Waals surface area (Å²) >= 11 is 0. The first-order chi connectivity index (χ1) is 7.97. The molecule has 0 aromatic carbocycles. The second-order valence-corrected chi connectivity index (χ2v) is 3.65. The fourth-order valence-corrected chi connectivity index (χ4v) is 1.48. The largest absolute Gasteiger partial charge is 0.463 e. The van der Waals surface area contributed by atoms with Gasteiger partial charge in [0, 0.05) is 0 Å². The maximum absolute atomic E-state index is 11.2. The first-order valence-electron chi connectivity index (χ1n) is 5.26. The lowest BCUT2D eigenvalue weighted by Crippen LogP contribution is -2.28. The molecule has 0 spiro atoms. The second-order valence-electron chi connectivity index (χ2n) is 3.65. The summed E-state index contributed by atoms with van der Waals surface area (Å²) in [5.41, 5.74) is -0.284. The van der Waals surface area contributed by atoms with Crippen LogP contribution in [0.15, 0.2) is 11.8 Å². The summed E-state index contributed by atoms with van der Waals surface area (Å²) in [6.45, 7) is 4.18. The van der Waals surface area contributed by atoms with E-state index >= 15 is 0 Å². The van der Waals surface area contributed by atoms with E-state index in [2.05, 4.69) is 4.74 Å². The summed E-state index contributed by atoms with van der Waals surface area (Å²) in [6.07, 6.45) is 0.763. The van der Waals surface area contributed by atoms with Crippen LogP contribution in [0.1, 0.15) is 20.3 Å². The van der Waals surface area contributed by atoms with Gasteiger partial charge >= 0.3 is 5.97 Å². The van der Waals surface area contributed by atoms with E-state index in [9.17, 15) is 14.9 Å². The van der Waals surface area contributed by atoms with Gasteiger partial charge in [-0.05, 0) is 13.8 Å². The average Bonchev–Trinajstić information content (AvgIpc) is 2.64. The molecule has 0 radical (unpaired) electrons. The Balaban J connectivity index is 2.72. The van der Waals surface area contributed by atoms with Gasteiger partial charge in [0.25, 0.3) is 5.70 Å². The van der Waals surface area contributed by atoms with Crippen molar-refractivity contribution in [2.45, 2.75) is 26.1 Å². The molecule has 0 N–H and O–H groups in total. The van der Waals surface area contributed by atoms with Crippen LogP contribution in [0.4, 0.5) is 0 Å². The van der Waals surface area contributed by atoms with Crippen molar-refractivity contribution in [2.75, 3.05) is 19.8 Å². The first-order valence-corrected chi connectivity index (χ1v) is 5.26. The number of esters is 1. The summed E-state index contributed by atoms with van der Waals surface area (Å²) < 4.78 is 15.1. The van der Waals surface area contributed by atoms with E-state index in [1.54, 1.807) is 13.8 Å². The number of hydrogen-bond acceptors (Lipinski definition) is 6. The molecule has 96 valence electrons. The zero-order valence-corrected chi connectivity index (χ0v) is 9.80. The highest BCUT2D eigenvalue weighted by Gasteiger charge is 2.36. The number of rotatable bonds is 5. The average molecular weight is 245 g/mol. The lowest BCUT2D eigenvalue weighted by molar-refractivity contribution is -0.433. The minimum atomic E-state index is -1.04. The number of carbonyl (C=O) groups excluding carboxylic acids is 1. The second kappa shape index (κ2) is 5.74. The van der Waals surface area contributed by atoms with Crippen LogP contribution in [0, 0.1) is 10.1 Å². The molecular formula is C10H15NO6. The van der Waals surface area contributed by atoms with E-state index < -0.39 is 16.7 Å². The monoisotopic (exact) mass is 245 g/mol. The zero-order chi connectivity index (χ0) is 12.9. The van der Waals surface area contributed by atoms with Crippen molar-refractivity contribution >= 4 is 5.97 Å². The Morgan fingerprint density at radius 1 is 1.53 bits per heavy atom. The fourth-order valence-electron chi connectivity index (χ4n) is 1.48.